The lowest BCUT2D eigenvalue weighted by Crippen LogP contribution is -2.35. The van der Waals surface area contributed by atoms with Gasteiger partial charge in [0.15, 0.2) is 0 Å². The SMILES string of the molecule is CCCN[C@H]1CCc2cc(CCCC(Cl)NC(=O)c3ccc(-c4ccccc4)cc3)ccc2C1. The van der Waals surface area contributed by atoms with Crippen LogP contribution < -0.4 is 10.6 Å². The topological polar surface area (TPSA) is 41.1 Å². The van der Waals surface area contributed by atoms with Crippen molar-refractivity contribution < 1.29 is 4.79 Å². The minimum atomic E-state index is -0.371. The summed E-state index contributed by atoms with van der Waals surface area (Å²) in [4.78, 5) is 12.6. The summed E-state index contributed by atoms with van der Waals surface area (Å²) in [5, 5.41) is 6.59. The lowest BCUT2D eigenvalue weighted by atomic mass is 9.86. The van der Waals surface area contributed by atoms with Gasteiger partial charge in [0.25, 0.3) is 5.91 Å². The molecule has 3 nitrogen and oxygen atoms in total. The fraction of sp³-hybridized carbons (Fsp3) is 0.367. The highest BCUT2D eigenvalue weighted by Gasteiger charge is 2.18. The third-order valence-electron chi connectivity index (χ3n) is 6.65. The van der Waals surface area contributed by atoms with E-state index >= 15 is 0 Å². The van der Waals surface area contributed by atoms with Crippen LogP contribution in [0.4, 0.5) is 0 Å². The van der Waals surface area contributed by atoms with Crippen LogP contribution in [0.1, 0.15) is 59.7 Å². The van der Waals surface area contributed by atoms with Crippen LogP contribution in [0, 0.1) is 0 Å². The number of fused-ring (bicyclic) bond motifs is 1. The van der Waals surface area contributed by atoms with Gasteiger partial charge in [0, 0.05) is 11.6 Å². The van der Waals surface area contributed by atoms with Gasteiger partial charge in [-0.3, -0.25) is 4.79 Å². The van der Waals surface area contributed by atoms with Gasteiger partial charge in [0.1, 0.15) is 5.50 Å². The van der Waals surface area contributed by atoms with Gasteiger partial charge in [-0.1, -0.05) is 79.2 Å². The summed E-state index contributed by atoms with van der Waals surface area (Å²) in [6.45, 7) is 3.32. The summed E-state index contributed by atoms with van der Waals surface area (Å²) in [7, 11) is 0. The lowest BCUT2D eigenvalue weighted by molar-refractivity contribution is 0.0947. The highest BCUT2D eigenvalue weighted by Crippen LogP contribution is 2.24. The predicted octanol–water partition coefficient (Wildman–Crippen LogP) is 6.53. The molecule has 178 valence electrons. The number of nitrogens with one attached hydrogen (secondary N) is 2. The summed E-state index contributed by atoms with van der Waals surface area (Å²) in [6.07, 6.45) is 7.37. The van der Waals surface area contributed by atoms with Crippen LogP contribution in [-0.4, -0.2) is 24.0 Å². The molecule has 2 atom stereocenters. The first-order chi connectivity index (χ1) is 16.6. The Hall–Kier alpha value is -2.62. The Morgan fingerprint density at radius 2 is 1.76 bits per heavy atom. The molecule has 4 rings (SSSR count). The molecule has 1 unspecified atom stereocenters. The van der Waals surface area contributed by atoms with Crippen molar-refractivity contribution in [3.05, 3.63) is 95.1 Å². The molecule has 3 aromatic carbocycles. The number of rotatable bonds is 10. The standard InChI is InChI=1S/C30H35ClN2O/c1-2-19-32-28-18-17-26-20-22(11-12-27(26)21-28)7-6-10-29(31)33-30(34)25-15-13-24(14-16-25)23-8-4-3-5-9-23/h3-5,8-9,11-16,20,28-29,32H,2,6-7,10,17-19,21H2,1H3,(H,33,34)/t28-,29?/m0/s1. The quantitative estimate of drug-likeness (QED) is 0.259. The van der Waals surface area contributed by atoms with Gasteiger partial charge in [0.05, 0.1) is 0 Å². The Kier molecular flexibility index (Phi) is 8.79. The molecule has 1 amide bonds. The van der Waals surface area contributed by atoms with Gasteiger partial charge < -0.3 is 10.6 Å². The first kappa shape index (κ1) is 24.5. The van der Waals surface area contributed by atoms with Gasteiger partial charge in [-0.15, -0.1) is 0 Å². The zero-order chi connectivity index (χ0) is 23.8. The summed E-state index contributed by atoms with van der Waals surface area (Å²) in [5.41, 5.74) is 6.85. The van der Waals surface area contributed by atoms with E-state index in [1.165, 1.54) is 29.5 Å². The van der Waals surface area contributed by atoms with Crippen LogP contribution >= 0.6 is 11.6 Å². The van der Waals surface area contributed by atoms with E-state index in [9.17, 15) is 4.79 Å². The molecule has 4 heteroatoms. The van der Waals surface area contributed by atoms with Crippen molar-refractivity contribution in [2.45, 2.75) is 63.4 Å². The Bertz CT molecular complexity index is 1060. The number of carbonyl (C=O) groups excluding carboxylic acids is 1. The summed E-state index contributed by atoms with van der Waals surface area (Å²) in [5.74, 6) is -0.125. The minimum Gasteiger partial charge on any atom is -0.336 e. The average molecular weight is 475 g/mol. The van der Waals surface area contributed by atoms with Crippen LogP contribution in [0.2, 0.25) is 0 Å². The molecule has 0 radical (unpaired) electrons. The fourth-order valence-electron chi connectivity index (χ4n) is 4.71. The van der Waals surface area contributed by atoms with Gasteiger partial charge in [0.2, 0.25) is 0 Å². The Morgan fingerprint density at radius 1 is 1.00 bits per heavy atom. The van der Waals surface area contributed by atoms with Crippen molar-refractivity contribution >= 4 is 17.5 Å². The largest absolute Gasteiger partial charge is 0.336 e. The second kappa shape index (κ2) is 12.2. The third-order valence-corrected chi connectivity index (χ3v) is 6.97. The number of carbonyl (C=O) groups is 1. The fourth-order valence-corrected chi connectivity index (χ4v) is 4.97. The second-order valence-electron chi connectivity index (χ2n) is 9.27. The van der Waals surface area contributed by atoms with E-state index in [4.69, 9.17) is 11.6 Å². The average Bonchev–Trinajstić information content (AvgIpc) is 2.88. The normalized spacial score (nSPS) is 16.0. The molecule has 3 aromatic rings. The molecular weight excluding hydrogens is 440 g/mol. The van der Waals surface area contributed by atoms with E-state index in [-0.39, 0.29) is 11.4 Å². The Labute approximate surface area is 208 Å². The van der Waals surface area contributed by atoms with Crippen molar-refractivity contribution in [1.82, 2.24) is 10.6 Å². The van der Waals surface area contributed by atoms with E-state index in [1.54, 1.807) is 0 Å². The second-order valence-corrected chi connectivity index (χ2v) is 9.80. The molecule has 0 saturated heterocycles. The number of alkyl halides is 1. The summed E-state index contributed by atoms with van der Waals surface area (Å²) < 4.78 is 0. The molecule has 1 aliphatic rings. The van der Waals surface area contributed by atoms with Crippen LogP contribution in [0.3, 0.4) is 0 Å². The molecule has 0 bridgehead atoms. The number of halogens is 1. The van der Waals surface area contributed by atoms with Crippen LogP contribution in [-0.2, 0) is 19.3 Å². The maximum absolute atomic E-state index is 12.6. The van der Waals surface area contributed by atoms with E-state index in [2.05, 4.69) is 47.9 Å². The molecular formula is C30H35ClN2O. The van der Waals surface area contributed by atoms with Crippen molar-refractivity contribution in [2.75, 3.05) is 6.54 Å². The van der Waals surface area contributed by atoms with Gasteiger partial charge in [-0.05, 0) is 91.4 Å². The monoisotopic (exact) mass is 474 g/mol. The third kappa shape index (κ3) is 6.71. The predicted molar refractivity (Wildman–Crippen MR) is 142 cm³/mol. The molecule has 0 saturated carbocycles. The van der Waals surface area contributed by atoms with Crippen LogP contribution in [0.25, 0.3) is 11.1 Å². The number of aryl methyl sites for hydroxylation is 2. The number of amides is 1. The van der Waals surface area contributed by atoms with Gasteiger partial charge in [-0.2, -0.15) is 0 Å². The Balaban J connectivity index is 1.22. The highest BCUT2D eigenvalue weighted by molar-refractivity contribution is 6.21. The molecule has 0 spiro atoms. The van der Waals surface area contributed by atoms with E-state index in [1.807, 2.05) is 42.5 Å². The number of hydrogen-bond acceptors (Lipinski definition) is 2. The van der Waals surface area contributed by atoms with Crippen molar-refractivity contribution in [1.29, 1.82) is 0 Å². The zero-order valence-corrected chi connectivity index (χ0v) is 20.8. The first-order valence-corrected chi connectivity index (χ1v) is 13.0. The molecule has 0 heterocycles. The van der Waals surface area contributed by atoms with E-state index in [0.29, 0.717) is 11.6 Å². The van der Waals surface area contributed by atoms with Crippen molar-refractivity contribution in [2.24, 2.45) is 0 Å². The molecule has 1 aliphatic carbocycles. The summed E-state index contributed by atoms with van der Waals surface area (Å²) >= 11 is 6.45. The maximum atomic E-state index is 12.6. The molecule has 34 heavy (non-hydrogen) atoms. The first-order valence-electron chi connectivity index (χ1n) is 12.6. The van der Waals surface area contributed by atoms with Gasteiger partial charge >= 0.3 is 0 Å². The maximum Gasteiger partial charge on any atom is 0.252 e. The number of benzene rings is 3. The smallest absolute Gasteiger partial charge is 0.252 e. The Morgan fingerprint density at radius 3 is 2.53 bits per heavy atom. The van der Waals surface area contributed by atoms with Gasteiger partial charge in [-0.25, -0.2) is 0 Å². The van der Waals surface area contributed by atoms with E-state index in [0.717, 1.165) is 49.8 Å². The van der Waals surface area contributed by atoms with Crippen molar-refractivity contribution in [3.8, 4) is 11.1 Å². The minimum absolute atomic E-state index is 0.125. The molecule has 2 N–H and O–H groups in total. The zero-order valence-electron chi connectivity index (χ0n) is 20.0. The molecule has 0 fully saturated rings. The lowest BCUT2D eigenvalue weighted by Gasteiger charge is -2.26. The van der Waals surface area contributed by atoms with Crippen LogP contribution in [0.5, 0.6) is 0 Å². The molecule has 0 aliphatic heterocycles. The van der Waals surface area contributed by atoms with Crippen LogP contribution in [0.15, 0.2) is 72.8 Å². The summed E-state index contributed by atoms with van der Waals surface area (Å²) in [6, 6.07) is 25.4. The highest BCUT2D eigenvalue weighted by atomic mass is 35.5. The van der Waals surface area contributed by atoms with Crippen molar-refractivity contribution in [3.63, 3.8) is 0 Å². The van der Waals surface area contributed by atoms with E-state index < -0.39 is 0 Å². The number of hydrogen-bond donors (Lipinski definition) is 2. The molecule has 0 aromatic heterocycles.